The zero-order valence-electron chi connectivity index (χ0n) is 13.9. The molecule has 0 bridgehead atoms. The van der Waals surface area contributed by atoms with Crippen LogP contribution in [-0.4, -0.2) is 39.2 Å². The number of ether oxygens (including phenoxy) is 1. The van der Waals surface area contributed by atoms with Crippen LogP contribution in [0, 0.1) is 0 Å². The highest BCUT2D eigenvalue weighted by molar-refractivity contribution is 6.29. The van der Waals surface area contributed by atoms with Crippen LogP contribution in [0.15, 0.2) is 36.4 Å². The van der Waals surface area contributed by atoms with Crippen molar-refractivity contribution in [3.63, 3.8) is 0 Å². The predicted molar refractivity (Wildman–Crippen MR) is 95.0 cm³/mol. The molecule has 1 aliphatic rings. The van der Waals surface area contributed by atoms with Crippen molar-refractivity contribution in [3.05, 3.63) is 52.8 Å². The Hall–Kier alpha value is -2.60. The Labute approximate surface area is 150 Å². The molecule has 0 radical (unpaired) electrons. The van der Waals surface area contributed by atoms with Crippen molar-refractivity contribution in [3.8, 4) is 5.75 Å². The fourth-order valence-electron chi connectivity index (χ4n) is 3.21. The van der Waals surface area contributed by atoms with Gasteiger partial charge < -0.3 is 9.64 Å². The first-order valence-electron chi connectivity index (χ1n) is 8.04. The molecule has 7 heteroatoms. The number of halogens is 1. The molecule has 2 aromatic heterocycles. The molecule has 0 fully saturated rings. The third-order valence-electron chi connectivity index (χ3n) is 4.45. The Morgan fingerprint density at radius 2 is 2.00 bits per heavy atom. The molecule has 1 atom stereocenters. The fourth-order valence-corrected chi connectivity index (χ4v) is 3.35. The lowest BCUT2D eigenvalue weighted by Crippen LogP contribution is -2.41. The van der Waals surface area contributed by atoms with Gasteiger partial charge in [0.2, 0.25) is 0 Å². The van der Waals surface area contributed by atoms with Crippen LogP contribution in [0.5, 0.6) is 5.75 Å². The van der Waals surface area contributed by atoms with Crippen molar-refractivity contribution >= 4 is 28.5 Å². The van der Waals surface area contributed by atoms with E-state index < -0.39 is 0 Å². The van der Waals surface area contributed by atoms with Gasteiger partial charge in [-0.15, -0.1) is 0 Å². The van der Waals surface area contributed by atoms with E-state index in [0.29, 0.717) is 29.6 Å². The van der Waals surface area contributed by atoms with E-state index >= 15 is 0 Å². The lowest BCUT2D eigenvalue weighted by atomic mass is 10.1. The van der Waals surface area contributed by atoms with Gasteiger partial charge in [0.25, 0.3) is 5.91 Å². The number of fused-ring (bicyclic) bond motifs is 3. The number of hydrogen-bond acceptors (Lipinski definition) is 4. The van der Waals surface area contributed by atoms with Gasteiger partial charge in [-0.2, -0.15) is 5.10 Å². The molecule has 1 aromatic carbocycles. The second kappa shape index (κ2) is 6.04. The van der Waals surface area contributed by atoms with Crippen molar-refractivity contribution < 1.29 is 9.53 Å². The molecule has 25 heavy (non-hydrogen) atoms. The third kappa shape index (κ3) is 2.72. The summed E-state index contributed by atoms with van der Waals surface area (Å²) in [5.74, 6) is 0.759. The zero-order chi connectivity index (χ0) is 17.6. The number of hydrogen-bond donors (Lipinski definition) is 0. The van der Waals surface area contributed by atoms with Gasteiger partial charge in [0.15, 0.2) is 5.65 Å². The van der Waals surface area contributed by atoms with Gasteiger partial charge in [-0.05, 0) is 36.8 Å². The molecule has 6 nitrogen and oxygen atoms in total. The van der Waals surface area contributed by atoms with E-state index in [4.69, 9.17) is 16.3 Å². The van der Waals surface area contributed by atoms with Gasteiger partial charge in [-0.25, -0.2) is 4.98 Å². The molecular weight excluding hydrogens is 340 g/mol. The first kappa shape index (κ1) is 15.9. The molecule has 0 unspecified atom stereocenters. The van der Waals surface area contributed by atoms with Gasteiger partial charge in [-0.3, -0.25) is 9.48 Å². The summed E-state index contributed by atoms with van der Waals surface area (Å²) in [6, 6.07) is 11.3. The fraction of sp³-hybridized carbons (Fsp3) is 0.278. The summed E-state index contributed by atoms with van der Waals surface area (Å²) in [4.78, 5) is 19.1. The van der Waals surface area contributed by atoms with E-state index in [-0.39, 0.29) is 11.9 Å². The molecule has 4 rings (SSSR count). The van der Waals surface area contributed by atoms with Crippen molar-refractivity contribution in [2.75, 3.05) is 13.7 Å². The number of pyridine rings is 1. The smallest absolute Gasteiger partial charge is 0.273 e. The van der Waals surface area contributed by atoms with Gasteiger partial charge in [0.1, 0.15) is 16.6 Å². The van der Waals surface area contributed by atoms with Crippen LogP contribution in [0.2, 0.25) is 5.15 Å². The average molecular weight is 357 g/mol. The number of amides is 1. The lowest BCUT2D eigenvalue weighted by Gasteiger charge is -2.32. The Kier molecular flexibility index (Phi) is 3.84. The minimum Gasteiger partial charge on any atom is -0.497 e. The number of rotatable bonds is 3. The number of benzene rings is 1. The van der Waals surface area contributed by atoms with Crippen molar-refractivity contribution in [2.45, 2.75) is 19.5 Å². The molecule has 3 aromatic rings. The van der Waals surface area contributed by atoms with E-state index in [1.54, 1.807) is 17.9 Å². The van der Waals surface area contributed by atoms with Crippen LogP contribution in [0.3, 0.4) is 0 Å². The number of aromatic nitrogens is 3. The van der Waals surface area contributed by atoms with Crippen LogP contribution < -0.4 is 4.74 Å². The van der Waals surface area contributed by atoms with Crippen LogP contribution in [-0.2, 0) is 6.54 Å². The summed E-state index contributed by atoms with van der Waals surface area (Å²) < 4.78 is 6.95. The SMILES string of the molecule is COc1ccc(CN2C[C@@H](C)n3nc4nc(Cl)ccc4c3C2=O)cc1. The second-order valence-corrected chi connectivity index (χ2v) is 6.57. The number of carbonyl (C=O) groups is 1. The van der Waals surface area contributed by atoms with Crippen LogP contribution in [0.1, 0.15) is 29.0 Å². The van der Waals surface area contributed by atoms with Crippen molar-refractivity contribution in [1.82, 2.24) is 19.7 Å². The summed E-state index contributed by atoms with van der Waals surface area (Å²) in [5.41, 5.74) is 2.14. The number of methoxy groups -OCH3 is 1. The van der Waals surface area contributed by atoms with Crippen LogP contribution in [0.25, 0.3) is 11.0 Å². The molecule has 0 aliphatic carbocycles. The van der Waals surface area contributed by atoms with Gasteiger partial charge in [0.05, 0.1) is 18.5 Å². The maximum absolute atomic E-state index is 13.0. The predicted octanol–water partition coefficient (Wildman–Crippen LogP) is 3.31. The molecular formula is C18H17ClN4O2. The Morgan fingerprint density at radius 3 is 2.72 bits per heavy atom. The molecule has 1 amide bonds. The Morgan fingerprint density at radius 1 is 1.24 bits per heavy atom. The number of nitrogens with zero attached hydrogens (tertiary/aromatic N) is 4. The van der Waals surface area contributed by atoms with E-state index in [9.17, 15) is 4.79 Å². The first-order chi connectivity index (χ1) is 12.1. The van der Waals surface area contributed by atoms with Gasteiger partial charge in [-0.1, -0.05) is 23.7 Å². The second-order valence-electron chi connectivity index (χ2n) is 6.18. The highest BCUT2D eigenvalue weighted by Crippen LogP contribution is 2.28. The van der Waals surface area contributed by atoms with Crippen molar-refractivity contribution in [2.24, 2.45) is 0 Å². The Balaban J connectivity index is 1.69. The summed E-state index contributed by atoms with van der Waals surface area (Å²) in [5, 5.41) is 5.58. The Bertz CT molecular complexity index is 952. The zero-order valence-corrected chi connectivity index (χ0v) is 14.7. The highest BCUT2D eigenvalue weighted by Gasteiger charge is 2.32. The maximum Gasteiger partial charge on any atom is 0.273 e. The largest absolute Gasteiger partial charge is 0.497 e. The summed E-state index contributed by atoms with van der Waals surface area (Å²) in [6.07, 6.45) is 0. The molecule has 0 N–H and O–H groups in total. The normalized spacial score (nSPS) is 17.0. The standard InChI is InChI=1S/C18H17ClN4O2/c1-11-9-22(10-12-3-5-13(25-2)6-4-12)18(24)16-14-7-8-15(19)20-17(14)21-23(11)16/h3-8,11H,9-10H2,1-2H3/t11-/m1/s1. The van der Waals surface area contributed by atoms with Gasteiger partial charge >= 0.3 is 0 Å². The van der Waals surface area contributed by atoms with Gasteiger partial charge in [0, 0.05) is 13.1 Å². The van der Waals surface area contributed by atoms with E-state index in [1.807, 2.05) is 42.2 Å². The van der Waals surface area contributed by atoms with Crippen molar-refractivity contribution in [1.29, 1.82) is 0 Å². The summed E-state index contributed by atoms with van der Waals surface area (Å²) >= 11 is 5.95. The van der Waals surface area contributed by atoms with E-state index in [1.165, 1.54) is 0 Å². The quantitative estimate of drug-likeness (QED) is 0.675. The number of carbonyl (C=O) groups excluding carboxylic acids is 1. The molecule has 1 aliphatic heterocycles. The first-order valence-corrected chi connectivity index (χ1v) is 8.41. The molecule has 0 spiro atoms. The van der Waals surface area contributed by atoms with Crippen LogP contribution in [0.4, 0.5) is 0 Å². The molecule has 128 valence electrons. The molecule has 0 saturated heterocycles. The van der Waals surface area contributed by atoms with Crippen LogP contribution >= 0.6 is 11.6 Å². The van der Waals surface area contributed by atoms with E-state index in [2.05, 4.69) is 10.1 Å². The lowest BCUT2D eigenvalue weighted by molar-refractivity contribution is 0.0654. The third-order valence-corrected chi connectivity index (χ3v) is 4.66. The summed E-state index contributed by atoms with van der Waals surface area (Å²) in [7, 11) is 1.64. The molecule has 0 saturated carbocycles. The molecule has 3 heterocycles. The van der Waals surface area contributed by atoms with E-state index in [0.717, 1.165) is 16.7 Å². The monoisotopic (exact) mass is 356 g/mol. The topological polar surface area (TPSA) is 60.2 Å². The highest BCUT2D eigenvalue weighted by atomic mass is 35.5. The minimum absolute atomic E-state index is 0.0412. The maximum atomic E-state index is 13.0. The summed E-state index contributed by atoms with van der Waals surface area (Å²) in [6.45, 7) is 3.19. The minimum atomic E-state index is -0.0412. The average Bonchev–Trinajstić information content (AvgIpc) is 2.99.